The number of pyridine rings is 2. The number of H-pyrrole nitrogens is 1. The average Bonchev–Trinajstić information content (AvgIpc) is 3.10. The molecule has 1 atom stereocenters. The number of hydrogen-bond acceptors (Lipinski definition) is 5. The lowest BCUT2D eigenvalue weighted by molar-refractivity contribution is -0.121. The van der Waals surface area contributed by atoms with Crippen molar-refractivity contribution in [1.82, 2.24) is 15.0 Å². The number of carbonyl (C=O) groups excluding carboxylic acids is 1. The minimum Gasteiger partial charge on any atom is -0.378 e. The molecule has 0 aliphatic rings. The van der Waals surface area contributed by atoms with Gasteiger partial charge in [-0.2, -0.15) is 5.26 Å². The highest BCUT2D eigenvalue weighted by Crippen LogP contribution is 2.33. The van der Waals surface area contributed by atoms with Crippen molar-refractivity contribution in [2.24, 2.45) is 5.92 Å². The lowest BCUT2D eigenvalue weighted by atomic mass is 9.82. The summed E-state index contributed by atoms with van der Waals surface area (Å²) >= 11 is 6.08. The topological polar surface area (TPSA) is 91.7 Å². The quantitative estimate of drug-likeness (QED) is 0.580. The van der Waals surface area contributed by atoms with E-state index in [-0.39, 0.29) is 35.8 Å². The highest BCUT2D eigenvalue weighted by Gasteiger charge is 2.32. The number of aromatic amines is 1. The van der Waals surface area contributed by atoms with Crippen LogP contribution in [0.3, 0.4) is 0 Å². The van der Waals surface area contributed by atoms with Gasteiger partial charge in [-0.3, -0.25) is 0 Å². The van der Waals surface area contributed by atoms with Crippen LogP contribution in [-0.4, -0.2) is 33.4 Å². The third kappa shape index (κ3) is 4.35. The van der Waals surface area contributed by atoms with Gasteiger partial charge in [0.25, 0.3) is 0 Å². The Labute approximate surface area is 179 Å². The van der Waals surface area contributed by atoms with Crippen LogP contribution in [0.2, 0.25) is 5.02 Å². The number of nitrogens with zero attached hydrogens (tertiary/aromatic N) is 3. The number of ketones is 1. The summed E-state index contributed by atoms with van der Waals surface area (Å²) in [7, 11) is 1.56. The summed E-state index contributed by atoms with van der Waals surface area (Å²) in [6.07, 6.45) is 3.60. The van der Waals surface area contributed by atoms with Gasteiger partial charge < -0.3 is 14.5 Å². The van der Waals surface area contributed by atoms with Gasteiger partial charge in [-0.05, 0) is 45.2 Å². The average molecular weight is 429 g/mol. The number of carbonyl (C=O) groups is 1. The molecule has 0 amide bonds. The van der Waals surface area contributed by atoms with Gasteiger partial charge in [0.15, 0.2) is 0 Å². The molecular formula is C22H22ClFN4O2. The molecule has 3 aromatic rings. The Morgan fingerprint density at radius 1 is 1.43 bits per heavy atom. The Morgan fingerprint density at radius 3 is 2.80 bits per heavy atom. The second-order valence-corrected chi connectivity index (χ2v) is 8.23. The molecule has 0 aliphatic carbocycles. The molecule has 0 radical (unpaired) electrons. The first-order valence-corrected chi connectivity index (χ1v) is 9.81. The van der Waals surface area contributed by atoms with Crippen molar-refractivity contribution in [2.75, 3.05) is 7.11 Å². The van der Waals surface area contributed by atoms with Gasteiger partial charge in [0.1, 0.15) is 23.3 Å². The maximum Gasteiger partial charge on any atom is 0.146 e. The van der Waals surface area contributed by atoms with Crippen LogP contribution in [0.1, 0.15) is 38.4 Å². The predicted molar refractivity (Wildman–Crippen MR) is 113 cm³/mol. The SMILES string of the molecule is COC(C)(C)C(CC(C)=O)Cc1nc(-c2c[nH]c3ncc(Cl)cc23)c(C#N)cc1F. The molecule has 0 aromatic carbocycles. The second-order valence-electron chi connectivity index (χ2n) is 7.79. The molecule has 3 heterocycles. The third-order valence-corrected chi connectivity index (χ3v) is 5.61. The van der Waals surface area contributed by atoms with Crippen molar-refractivity contribution in [3.05, 3.63) is 46.6 Å². The van der Waals surface area contributed by atoms with Crippen LogP contribution in [0.5, 0.6) is 0 Å². The highest BCUT2D eigenvalue weighted by atomic mass is 35.5. The Bertz CT molecular complexity index is 1150. The van der Waals surface area contributed by atoms with Crippen LogP contribution in [0.15, 0.2) is 24.5 Å². The first kappa shape index (κ1) is 21.9. The molecule has 0 aliphatic heterocycles. The largest absolute Gasteiger partial charge is 0.378 e. The summed E-state index contributed by atoms with van der Waals surface area (Å²) in [6, 6.07) is 4.91. The zero-order valence-electron chi connectivity index (χ0n) is 17.2. The van der Waals surface area contributed by atoms with Crippen molar-refractivity contribution in [3.63, 3.8) is 0 Å². The Hall–Kier alpha value is -2.82. The van der Waals surface area contributed by atoms with E-state index in [2.05, 4.69) is 15.0 Å². The Kier molecular flexibility index (Phi) is 6.20. The number of Topliss-reactive ketones (excluding diaryl/α,β-unsaturated/α-hetero) is 1. The van der Waals surface area contributed by atoms with E-state index in [9.17, 15) is 14.4 Å². The zero-order chi connectivity index (χ0) is 22.1. The molecule has 1 N–H and O–H groups in total. The smallest absolute Gasteiger partial charge is 0.146 e. The van der Waals surface area contributed by atoms with Crippen molar-refractivity contribution in [1.29, 1.82) is 5.26 Å². The molecule has 6 nitrogen and oxygen atoms in total. The fourth-order valence-electron chi connectivity index (χ4n) is 3.45. The first-order valence-electron chi connectivity index (χ1n) is 9.43. The number of fused-ring (bicyclic) bond motifs is 1. The number of aromatic nitrogens is 3. The number of ether oxygens (including phenoxy) is 1. The van der Waals surface area contributed by atoms with Gasteiger partial charge in [-0.15, -0.1) is 0 Å². The fourth-order valence-corrected chi connectivity index (χ4v) is 3.60. The molecular weight excluding hydrogens is 407 g/mol. The van der Waals surface area contributed by atoms with E-state index in [0.29, 0.717) is 27.3 Å². The standard InChI is InChI=1S/C22H22ClFN4O2/c1-12(29)5-14(22(2,3)30-4)7-19-18(24)6-13(9-25)20(28-19)17-11-27-21-16(17)8-15(23)10-26-21/h6,8,10-11,14H,5,7H2,1-4H3,(H,26,27). The van der Waals surface area contributed by atoms with Gasteiger partial charge >= 0.3 is 0 Å². The van der Waals surface area contributed by atoms with E-state index >= 15 is 0 Å². The predicted octanol–water partition coefficient (Wildman–Crippen LogP) is 4.85. The van der Waals surface area contributed by atoms with E-state index in [1.807, 2.05) is 19.9 Å². The van der Waals surface area contributed by atoms with Crippen molar-refractivity contribution < 1.29 is 13.9 Å². The van der Waals surface area contributed by atoms with Crippen LogP contribution < -0.4 is 0 Å². The van der Waals surface area contributed by atoms with Gasteiger partial charge in [-0.1, -0.05) is 11.6 Å². The van der Waals surface area contributed by atoms with Gasteiger partial charge in [-0.25, -0.2) is 14.4 Å². The Balaban J connectivity index is 2.12. The molecule has 0 fully saturated rings. The molecule has 0 bridgehead atoms. The first-order chi connectivity index (χ1) is 14.2. The second kappa shape index (κ2) is 8.50. The molecule has 3 aromatic heterocycles. The summed E-state index contributed by atoms with van der Waals surface area (Å²) in [5.74, 6) is -0.898. The molecule has 30 heavy (non-hydrogen) atoms. The van der Waals surface area contributed by atoms with E-state index in [1.54, 1.807) is 19.4 Å². The fraction of sp³-hybridized carbons (Fsp3) is 0.364. The minimum atomic E-state index is -0.661. The number of nitrogens with one attached hydrogen (secondary N) is 1. The number of halogens is 2. The number of rotatable bonds is 7. The van der Waals surface area contributed by atoms with E-state index in [1.165, 1.54) is 19.2 Å². The van der Waals surface area contributed by atoms with Gasteiger partial charge in [0.05, 0.1) is 27.6 Å². The lowest BCUT2D eigenvalue weighted by Crippen LogP contribution is -2.36. The molecule has 0 spiro atoms. The molecule has 8 heteroatoms. The van der Waals surface area contributed by atoms with Gasteiger partial charge in [0, 0.05) is 36.9 Å². The molecule has 156 valence electrons. The van der Waals surface area contributed by atoms with E-state index in [0.717, 1.165) is 0 Å². The third-order valence-electron chi connectivity index (χ3n) is 5.40. The zero-order valence-corrected chi connectivity index (χ0v) is 18.0. The lowest BCUT2D eigenvalue weighted by Gasteiger charge is -2.32. The molecule has 3 rings (SSSR count). The maximum absolute atomic E-state index is 14.8. The Morgan fingerprint density at radius 2 is 2.17 bits per heavy atom. The van der Waals surface area contributed by atoms with Gasteiger partial charge in [0.2, 0.25) is 0 Å². The summed E-state index contributed by atoms with van der Waals surface area (Å²) in [5.41, 5.74) is 1.14. The van der Waals surface area contributed by atoms with Crippen LogP contribution in [-0.2, 0) is 16.0 Å². The maximum atomic E-state index is 14.8. The summed E-state index contributed by atoms with van der Waals surface area (Å²) in [4.78, 5) is 23.5. The minimum absolute atomic E-state index is 0.0169. The molecule has 0 saturated heterocycles. The van der Waals surface area contributed by atoms with Crippen molar-refractivity contribution >= 4 is 28.4 Å². The molecule has 0 saturated carbocycles. The summed E-state index contributed by atoms with van der Waals surface area (Å²) in [6.45, 7) is 5.21. The number of hydrogen-bond donors (Lipinski definition) is 1. The van der Waals surface area contributed by atoms with E-state index < -0.39 is 11.4 Å². The molecule has 1 unspecified atom stereocenters. The summed E-state index contributed by atoms with van der Waals surface area (Å²) in [5, 5.41) is 10.7. The highest BCUT2D eigenvalue weighted by molar-refractivity contribution is 6.31. The van der Waals surface area contributed by atoms with Crippen LogP contribution in [0.25, 0.3) is 22.3 Å². The number of methoxy groups -OCH3 is 1. The van der Waals surface area contributed by atoms with E-state index in [4.69, 9.17) is 16.3 Å². The number of nitriles is 1. The monoisotopic (exact) mass is 428 g/mol. The van der Waals surface area contributed by atoms with Crippen molar-refractivity contribution in [3.8, 4) is 17.3 Å². The van der Waals surface area contributed by atoms with Crippen molar-refractivity contribution in [2.45, 2.75) is 39.2 Å². The summed E-state index contributed by atoms with van der Waals surface area (Å²) < 4.78 is 20.4. The normalized spacial score (nSPS) is 12.7. The van der Waals surface area contributed by atoms with Crippen LogP contribution in [0.4, 0.5) is 4.39 Å². The van der Waals surface area contributed by atoms with Crippen LogP contribution >= 0.6 is 11.6 Å². The van der Waals surface area contributed by atoms with Crippen LogP contribution in [0, 0.1) is 23.1 Å².